The van der Waals surface area contributed by atoms with E-state index in [0.717, 1.165) is 16.9 Å². The lowest BCUT2D eigenvalue weighted by atomic mass is 9.90. The van der Waals surface area contributed by atoms with Gasteiger partial charge >= 0.3 is 0 Å². The standard InChI is InChI=1S/C17H20ClNO2S2/c1-17(2,3)13-10-14(13)19-23(20,21)16-9-8-15(22-16)11-4-6-12(18)7-5-11/h4-9,13-14,19H,10H2,1-3H3/t13-,14-/m1/s1. The molecule has 1 heterocycles. The lowest BCUT2D eigenvalue weighted by Crippen LogP contribution is -2.28. The fraction of sp³-hybridized carbons (Fsp3) is 0.412. The van der Waals surface area contributed by atoms with Gasteiger partial charge in [0.25, 0.3) is 0 Å². The summed E-state index contributed by atoms with van der Waals surface area (Å²) in [5.41, 5.74) is 1.11. The topological polar surface area (TPSA) is 46.2 Å². The molecule has 1 saturated carbocycles. The average molecular weight is 370 g/mol. The maximum Gasteiger partial charge on any atom is 0.250 e. The molecule has 2 aromatic rings. The summed E-state index contributed by atoms with van der Waals surface area (Å²) in [6.45, 7) is 6.45. The molecule has 0 aliphatic heterocycles. The minimum absolute atomic E-state index is 0.0566. The molecule has 3 rings (SSSR count). The molecule has 1 aromatic carbocycles. The summed E-state index contributed by atoms with van der Waals surface area (Å²) in [7, 11) is -3.44. The van der Waals surface area contributed by atoms with Crippen molar-refractivity contribution < 1.29 is 8.42 Å². The quantitative estimate of drug-likeness (QED) is 0.842. The van der Waals surface area contributed by atoms with Crippen molar-refractivity contribution in [3.05, 3.63) is 41.4 Å². The summed E-state index contributed by atoms with van der Waals surface area (Å²) in [6.07, 6.45) is 0.915. The van der Waals surface area contributed by atoms with Crippen LogP contribution in [0.5, 0.6) is 0 Å². The summed E-state index contributed by atoms with van der Waals surface area (Å²) < 4.78 is 28.3. The third-order valence-corrected chi connectivity index (χ3v) is 7.55. The molecule has 0 amide bonds. The molecule has 1 aliphatic carbocycles. The van der Waals surface area contributed by atoms with E-state index in [1.54, 1.807) is 18.2 Å². The van der Waals surface area contributed by atoms with Gasteiger partial charge in [0.2, 0.25) is 10.0 Å². The highest BCUT2D eigenvalue weighted by Gasteiger charge is 2.47. The van der Waals surface area contributed by atoms with Crippen LogP contribution < -0.4 is 4.72 Å². The zero-order valence-corrected chi connectivity index (χ0v) is 15.7. The van der Waals surface area contributed by atoms with Gasteiger partial charge in [-0.1, -0.05) is 44.5 Å². The van der Waals surface area contributed by atoms with Gasteiger partial charge in [0.05, 0.1) is 0 Å². The Morgan fingerprint density at radius 1 is 1.13 bits per heavy atom. The Hall–Kier alpha value is -0.880. The predicted octanol–water partition coefficient (Wildman–Crippen LogP) is 4.78. The molecule has 0 spiro atoms. The van der Waals surface area contributed by atoms with Crippen LogP contribution in [0.2, 0.25) is 5.02 Å². The van der Waals surface area contributed by atoms with E-state index in [1.165, 1.54) is 11.3 Å². The SMILES string of the molecule is CC(C)(C)[C@@H]1C[C@H]1NS(=O)(=O)c1ccc(-c2ccc(Cl)cc2)s1. The second kappa shape index (κ2) is 5.88. The molecule has 0 radical (unpaired) electrons. The van der Waals surface area contributed by atoms with Crippen LogP contribution in [0.15, 0.2) is 40.6 Å². The summed E-state index contributed by atoms with van der Waals surface area (Å²) in [5, 5.41) is 0.668. The Kier molecular flexibility index (Phi) is 4.34. The van der Waals surface area contributed by atoms with E-state index in [4.69, 9.17) is 11.6 Å². The highest BCUT2D eigenvalue weighted by atomic mass is 35.5. The van der Waals surface area contributed by atoms with Crippen LogP contribution >= 0.6 is 22.9 Å². The van der Waals surface area contributed by atoms with Gasteiger partial charge in [-0.15, -0.1) is 11.3 Å². The van der Waals surface area contributed by atoms with Crippen LogP contribution in [0, 0.1) is 11.3 Å². The molecule has 0 saturated heterocycles. The van der Waals surface area contributed by atoms with Crippen LogP contribution in [0.25, 0.3) is 10.4 Å². The second-order valence-corrected chi connectivity index (χ2v) is 10.5. The maximum absolute atomic E-state index is 12.5. The molecule has 1 fully saturated rings. The molecule has 1 N–H and O–H groups in total. The molecule has 23 heavy (non-hydrogen) atoms. The first-order valence-corrected chi connectivity index (χ1v) is 10.2. The fourth-order valence-electron chi connectivity index (χ4n) is 2.77. The highest BCUT2D eigenvalue weighted by molar-refractivity contribution is 7.91. The molecule has 124 valence electrons. The maximum atomic E-state index is 12.5. The predicted molar refractivity (Wildman–Crippen MR) is 96.4 cm³/mol. The first-order chi connectivity index (χ1) is 10.7. The number of rotatable bonds is 4. The van der Waals surface area contributed by atoms with Crippen LogP contribution in [-0.4, -0.2) is 14.5 Å². The summed E-state index contributed by atoms with van der Waals surface area (Å²) in [5.74, 6) is 0.410. The molecule has 6 heteroatoms. The lowest BCUT2D eigenvalue weighted by Gasteiger charge is -2.18. The molecular weight excluding hydrogens is 350 g/mol. The average Bonchev–Trinajstić information content (AvgIpc) is 3.03. The zero-order chi connectivity index (χ0) is 16.8. The van der Waals surface area contributed by atoms with Crippen molar-refractivity contribution >= 4 is 33.0 Å². The Balaban J connectivity index is 1.76. The van der Waals surface area contributed by atoms with Crippen LogP contribution in [0.4, 0.5) is 0 Å². The Labute approximate surface area is 146 Å². The van der Waals surface area contributed by atoms with E-state index in [1.807, 2.05) is 18.2 Å². The van der Waals surface area contributed by atoms with Crippen LogP contribution in [-0.2, 0) is 10.0 Å². The summed E-state index contributed by atoms with van der Waals surface area (Å²) >= 11 is 7.17. The smallest absolute Gasteiger partial charge is 0.207 e. The van der Waals surface area contributed by atoms with Gasteiger partial charge in [0.15, 0.2) is 0 Å². The van der Waals surface area contributed by atoms with Gasteiger partial charge in [0, 0.05) is 15.9 Å². The molecular formula is C17H20ClNO2S2. The lowest BCUT2D eigenvalue weighted by molar-refractivity contribution is 0.340. The van der Waals surface area contributed by atoms with E-state index in [-0.39, 0.29) is 11.5 Å². The van der Waals surface area contributed by atoms with Crippen molar-refractivity contribution in [3.63, 3.8) is 0 Å². The summed E-state index contributed by atoms with van der Waals surface area (Å²) in [6, 6.07) is 11.0. The number of hydrogen-bond acceptors (Lipinski definition) is 3. The van der Waals surface area contributed by atoms with Gasteiger partial charge in [-0.2, -0.15) is 0 Å². The number of halogens is 1. The molecule has 1 aromatic heterocycles. The van der Waals surface area contributed by atoms with E-state index >= 15 is 0 Å². The van der Waals surface area contributed by atoms with Crippen molar-refractivity contribution in [1.29, 1.82) is 0 Å². The second-order valence-electron chi connectivity index (χ2n) is 7.06. The van der Waals surface area contributed by atoms with Crippen LogP contribution in [0.1, 0.15) is 27.2 Å². The van der Waals surface area contributed by atoms with E-state index < -0.39 is 10.0 Å². The molecule has 1 aliphatic rings. The number of nitrogens with one attached hydrogen (secondary N) is 1. The summed E-state index contributed by atoms with van der Waals surface area (Å²) in [4.78, 5) is 0.921. The monoisotopic (exact) mass is 369 g/mol. The minimum Gasteiger partial charge on any atom is -0.207 e. The van der Waals surface area contributed by atoms with Crippen molar-refractivity contribution in [2.45, 2.75) is 37.4 Å². The third kappa shape index (κ3) is 3.79. The van der Waals surface area contributed by atoms with Gasteiger partial charge in [-0.05, 0) is 47.6 Å². The minimum atomic E-state index is -3.44. The fourth-order valence-corrected chi connectivity index (χ4v) is 5.52. The van der Waals surface area contributed by atoms with Gasteiger partial charge in [-0.3, -0.25) is 0 Å². The molecule has 0 unspecified atom stereocenters. The third-order valence-electron chi connectivity index (χ3n) is 4.18. The zero-order valence-electron chi connectivity index (χ0n) is 13.3. The largest absolute Gasteiger partial charge is 0.250 e. The highest BCUT2D eigenvalue weighted by Crippen LogP contribution is 2.46. The van der Waals surface area contributed by atoms with Crippen molar-refractivity contribution in [2.24, 2.45) is 11.3 Å². The Morgan fingerprint density at radius 2 is 1.78 bits per heavy atom. The Morgan fingerprint density at radius 3 is 2.35 bits per heavy atom. The number of sulfonamides is 1. The normalized spacial score (nSPS) is 21.4. The number of hydrogen-bond donors (Lipinski definition) is 1. The molecule has 3 nitrogen and oxygen atoms in total. The van der Waals surface area contributed by atoms with E-state index in [9.17, 15) is 8.42 Å². The number of benzene rings is 1. The van der Waals surface area contributed by atoms with Crippen LogP contribution in [0.3, 0.4) is 0 Å². The van der Waals surface area contributed by atoms with E-state index in [2.05, 4.69) is 25.5 Å². The first-order valence-electron chi connectivity index (χ1n) is 7.55. The molecule has 0 bridgehead atoms. The van der Waals surface area contributed by atoms with Crippen molar-refractivity contribution in [2.75, 3.05) is 0 Å². The van der Waals surface area contributed by atoms with E-state index in [0.29, 0.717) is 15.1 Å². The van der Waals surface area contributed by atoms with Crippen molar-refractivity contribution in [1.82, 2.24) is 4.72 Å². The van der Waals surface area contributed by atoms with Gasteiger partial charge < -0.3 is 0 Å². The Bertz CT molecular complexity index is 804. The number of thiophene rings is 1. The van der Waals surface area contributed by atoms with Gasteiger partial charge in [0.1, 0.15) is 4.21 Å². The molecule has 2 atom stereocenters. The van der Waals surface area contributed by atoms with Crippen molar-refractivity contribution in [3.8, 4) is 10.4 Å². The first kappa shape index (κ1) is 17.0. The van der Waals surface area contributed by atoms with Gasteiger partial charge in [-0.25, -0.2) is 13.1 Å².